The lowest BCUT2D eigenvalue weighted by Gasteiger charge is -2.14. The second-order valence-electron chi connectivity index (χ2n) is 7.69. The molecule has 0 spiro atoms. The SMILES string of the molecule is Oc1c(O)c(O)c2c(oc3ccc(-c4c5ccccc5c(Br)c5ccccc45)cc32)c1O. The van der Waals surface area contributed by atoms with Crippen molar-refractivity contribution in [1.82, 2.24) is 0 Å². The van der Waals surface area contributed by atoms with Gasteiger partial charge in [-0.05, 0) is 60.7 Å². The van der Waals surface area contributed by atoms with E-state index in [2.05, 4.69) is 40.2 Å². The molecule has 6 rings (SSSR count). The predicted octanol–water partition coefficient (Wildman–Crippen LogP) is 7.14. The molecule has 156 valence electrons. The van der Waals surface area contributed by atoms with E-state index >= 15 is 0 Å². The van der Waals surface area contributed by atoms with E-state index in [0.717, 1.165) is 37.1 Å². The monoisotopic (exact) mass is 486 g/mol. The Kier molecular flexibility index (Phi) is 3.85. The highest BCUT2D eigenvalue weighted by Gasteiger charge is 2.24. The molecule has 0 unspecified atom stereocenters. The lowest BCUT2D eigenvalue weighted by molar-refractivity contribution is 0.348. The number of hydrogen-bond donors (Lipinski definition) is 4. The Hall–Kier alpha value is -3.90. The zero-order chi connectivity index (χ0) is 22.1. The summed E-state index contributed by atoms with van der Waals surface area (Å²) in [4.78, 5) is 0. The first-order chi connectivity index (χ1) is 15.5. The van der Waals surface area contributed by atoms with Gasteiger partial charge in [0.15, 0.2) is 11.3 Å². The van der Waals surface area contributed by atoms with Gasteiger partial charge in [0.25, 0.3) is 0 Å². The van der Waals surface area contributed by atoms with Crippen molar-refractivity contribution in [3.63, 3.8) is 0 Å². The molecule has 0 radical (unpaired) electrons. The van der Waals surface area contributed by atoms with Crippen molar-refractivity contribution in [2.75, 3.05) is 0 Å². The van der Waals surface area contributed by atoms with E-state index in [4.69, 9.17) is 4.42 Å². The van der Waals surface area contributed by atoms with Gasteiger partial charge in [0.2, 0.25) is 17.2 Å². The Morgan fingerprint density at radius 3 is 1.78 bits per heavy atom. The van der Waals surface area contributed by atoms with Crippen molar-refractivity contribution in [1.29, 1.82) is 0 Å². The fourth-order valence-electron chi connectivity index (χ4n) is 4.49. The highest BCUT2D eigenvalue weighted by molar-refractivity contribution is 9.10. The minimum absolute atomic E-state index is 0.0875. The van der Waals surface area contributed by atoms with Crippen molar-refractivity contribution in [2.45, 2.75) is 0 Å². The van der Waals surface area contributed by atoms with Gasteiger partial charge in [-0.3, -0.25) is 0 Å². The van der Waals surface area contributed by atoms with E-state index in [9.17, 15) is 20.4 Å². The molecule has 0 saturated heterocycles. The first-order valence-corrected chi connectivity index (χ1v) is 10.7. The van der Waals surface area contributed by atoms with E-state index in [1.807, 2.05) is 36.4 Å². The molecule has 5 nitrogen and oxygen atoms in total. The number of phenolic OH excluding ortho intramolecular Hbond substituents is 4. The van der Waals surface area contributed by atoms with Crippen LogP contribution in [-0.4, -0.2) is 20.4 Å². The highest BCUT2D eigenvalue weighted by Crippen LogP contribution is 2.52. The van der Waals surface area contributed by atoms with E-state index in [1.54, 1.807) is 6.07 Å². The van der Waals surface area contributed by atoms with Gasteiger partial charge >= 0.3 is 0 Å². The van der Waals surface area contributed by atoms with Crippen LogP contribution in [0.2, 0.25) is 0 Å². The molecule has 32 heavy (non-hydrogen) atoms. The first-order valence-electron chi connectivity index (χ1n) is 9.88. The van der Waals surface area contributed by atoms with Crippen molar-refractivity contribution in [2.24, 2.45) is 0 Å². The lowest BCUT2D eigenvalue weighted by atomic mass is 9.91. The number of halogens is 1. The fourth-order valence-corrected chi connectivity index (χ4v) is 5.18. The summed E-state index contributed by atoms with van der Waals surface area (Å²) in [5.74, 6) is -2.77. The van der Waals surface area contributed by atoms with Gasteiger partial charge in [0.05, 0.1) is 5.39 Å². The number of fused-ring (bicyclic) bond motifs is 5. The van der Waals surface area contributed by atoms with Crippen LogP contribution in [0.25, 0.3) is 54.6 Å². The molecule has 0 atom stereocenters. The number of phenols is 4. The molecular formula is C26H15BrO5. The smallest absolute Gasteiger partial charge is 0.208 e. The van der Waals surface area contributed by atoms with Crippen LogP contribution in [0.15, 0.2) is 75.6 Å². The fraction of sp³-hybridized carbons (Fsp3) is 0. The second kappa shape index (κ2) is 6.55. The summed E-state index contributed by atoms with van der Waals surface area (Å²) < 4.78 is 6.71. The topological polar surface area (TPSA) is 94.1 Å². The molecule has 6 heteroatoms. The molecule has 1 heterocycles. The molecule has 0 aliphatic heterocycles. The van der Waals surface area contributed by atoms with Crippen molar-refractivity contribution < 1.29 is 24.8 Å². The summed E-state index contributed by atoms with van der Waals surface area (Å²) in [6, 6.07) is 21.7. The molecule has 0 aliphatic rings. The molecule has 0 bridgehead atoms. The normalized spacial score (nSPS) is 11.8. The average Bonchev–Trinajstić information content (AvgIpc) is 3.21. The van der Waals surface area contributed by atoms with Crippen molar-refractivity contribution in [3.8, 4) is 34.1 Å². The summed E-state index contributed by atoms with van der Waals surface area (Å²) in [5.41, 5.74) is 2.22. The van der Waals surface area contributed by atoms with Crippen LogP contribution < -0.4 is 0 Å². The average molecular weight is 487 g/mol. The molecule has 1 aromatic heterocycles. The molecular weight excluding hydrogens is 472 g/mol. The van der Waals surface area contributed by atoms with Crippen LogP contribution in [0.5, 0.6) is 23.0 Å². The van der Waals surface area contributed by atoms with Gasteiger partial charge in [0.1, 0.15) is 5.58 Å². The number of furan rings is 1. The standard InChI is InChI=1S/C26H15BrO5/c27-21-15-7-3-1-5-13(15)19(14-6-2-4-8-16(14)21)12-9-10-18-17(11-12)20-22(28)23(29)24(30)25(31)26(20)32-18/h1-11,28-31H. The van der Waals surface area contributed by atoms with Gasteiger partial charge in [-0.2, -0.15) is 0 Å². The Bertz CT molecular complexity index is 1680. The van der Waals surface area contributed by atoms with Gasteiger partial charge < -0.3 is 24.8 Å². The van der Waals surface area contributed by atoms with E-state index in [1.165, 1.54) is 0 Å². The van der Waals surface area contributed by atoms with Gasteiger partial charge in [-0.25, -0.2) is 0 Å². The minimum atomic E-state index is -0.820. The zero-order valence-electron chi connectivity index (χ0n) is 16.4. The number of aromatic hydroxyl groups is 4. The summed E-state index contributed by atoms with van der Waals surface area (Å²) >= 11 is 3.76. The maximum absolute atomic E-state index is 10.5. The van der Waals surface area contributed by atoms with Gasteiger partial charge in [0, 0.05) is 9.86 Å². The number of hydrogen-bond acceptors (Lipinski definition) is 5. The van der Waals surface area contributed by atoms with Crippen molar-refractivity contribution >= 4 is 59.4 Å². The van der Waals surface area contributed by atoms with Crippen LogP contribution in [0.3, 0.4) is 0 Å². The molecule has 0 fully saturated rings. The summed E-state index contributed by atoms with van der Waals surface area (Å²) in [6.07, 6.45) is 0. The highest BCUT2D eigenvalue weighted by atomic mass is 79.9. The second-order valence-corrected chi connectivity index (χ2v) is 8.48. The lowest BCUT2D eigenvalue weighted by Crippen LogP contribution is -1.87. The van der Waals surface area contributed by atoms with E-state index in [0.29, 0.717) is 11.0 Å². The quantitative estimate of drug-likeness (QED) is 0.112. The molecule has 0 aliphatic carbocycles. The van der Waals surface area contributed by atoms with Crippen molar-refractivity contribution in [3.05, 3.63) is 71.2 Å². The van der Waals surface area contributed by atoms with Crippen LogP contribution >= 0.6 is 15.9 Å². The van der Waals surface area contributed by atoms with Gasteiger partial charge in [-0.15, -0.1) is 0 Å². The molecule has 4 N–H and O–H groups in total. The largest absolute Gasteiger partial charge is 0.504 e. The molecule has 0 amide bonds. The molecule has 0 saturated carbocycles. The van der Waals surface area contributed by atoms with Crippen LogP contribution in [0.4, 0.5) is 0 Å². The Morgan fingerprint density at radius 2 is 1.16 bits per heavy atom. The van der Waals surface area contributed by atoms with Gasteiger partial charge in [-0.1, -0.05) is 54.6 Å². The Labute approximate surface area is 189 Å². The molecule has 5 aromatic carbocycles. The number of rotatable bonds is 1. The third kappa shape index (κ3) is 2.38. The minimum Gasteiger partial charge on any atom is -0.504 e. The first kappa shape index (κ1) is 18.8. The Balaban J connectivity index is 1.78. The van der Waals surface area contributed by atoms with Crippen LogP contribution in [0.1, 0.15) is 0 Å². The Morgan fingerprint density at radius 1 is 0.594 bits per heavy atom. The third-order valence-electron chi connectivity index (χ3n) is 5.97. The summed E-state index contributed by atoms with van der Waals surface area (Å²) in [6.45, 7) is 0. The van der Waals surface area contributed by atoms with Crippen LogP contribution in [-0.2, 0) is 0 Å². The zero-order valence-corrected chi connectivity index (χ0v) is 18.0. The summed E-state index contributed by atoms with van der Waals surface area (Å²) in [5, 5.41) is 45.6. The maximum atomic E-state index is 10.5. The summed E-state index contributed by atoms with van der Waals surface area (Å²) in [7, 11) is 0. The molecule has 6 aromatic rings. The number of benzene rings is 5. The maximum Gasteiger partial charge on any atom is 0.208 e. The van der Waals surface area contributed by atoms with Crippen LogP contribution in [0, 0.1) is 0 Å². The van der Waals surface area contributed by atoms with E-state index in [-0.39, 0.29) is 11.0 Å². The van der Waals surface area contributed by atoms with E-state index < -0.39 is 23.0 Å². The third-order valence-corrected chi connectivity index (χ3v) is 6.82. The predicted molar refractivity (Wildman–Crippen MR) is 129 cm³/mol.